The van der Waals surface area contributed by atoms with Crippen LogP contribution in [0.2, 0.25) is 0 Å². The fraction of sp³-hybridized carbons (Fsp3) is 0.353. The highest BCUT2D eigenvalue weighted by atomic mass is 16.1. The second-order valence-electron chi connectivity index (χ2n) is 5.26. The molecule has 1 N–H and O–H groups in total. The normalized spacial score (nSPS) is 13.7. The van der Waals surface area contributed by atoms with Crippen LogP contribution in [0.3, 0.4) is 0 Å². The fourth-order valence-corrected chi connectivity index (χ4v) is 2.54. The Morgan fingerprint density at radius 2 is 1.91 bits per heavy atom. The molecule has 0 saturated carbocycles. The quantitative estimate of drug-likeness (QED) is 0.681. The lowest BCUT2D eigenvalue weighted by Gasteiger charge is -2.29. The summed E-state index contributed by atoms with van der Waals surface area (Å²) in [5, 5.41) is 20.4. The molecule has 0 radical (unpaired) electrons. The fourth-order valence-electron chi connectivity index (χ4n) is 2.54. The maximum absolute atomic E-state index is 11.9. The second-order valence-corrected chi connectivity index (χ2v) is 5.26. The van der Waals surface area contributed by atoms with Gasteiger partial charge in [-0.2, -0.15) is 10.5 Å². The number of carbonyl (C=O) groups is 1. The maximum Gasteiger partial charge on any atom is 0.161 e. The van der Waals surface area contributed by atoms with Crippen LogP contribution in [0.1, 0.15) is 36.5 Å². The summed E-state index contributed by atoms with van der Waals surface area (Å²) in [6, 6.07) is 9.22. The summed E-state index contributed by atoms with van der Waals surface area (Å²) >= 11 is 0. The largest absolute Gasteiger partial charge is 0.372 e. The van der Waals surface area contributed by atoms with Crippen molar-refractivity contribution in [2.75, 3.05) is 23.3 Å². The molecule has 0 aromatic heterocycles. The van der Waals surface area contributed by atoms with Crippen LogP contribution >= 0.6 is 0 Å². The SMILES string of the molecule is CC(=O)c1cc(N2CCCCC2)ccc1NC=C(C#N)C#N. The standard InChI is InChI=1S/C17H18N4O/c1-13(22)16-9-15(21-7-3-2-4-8-21)5-6-17(16)20-12-14(10-18)11-19/h5-6,9,12,20H,2-4,7-8H2,1H3. The molecule has 1 fully saturated rings. The molecule has 22 heavy (non-hydrogen) atoms. The van der Waals surface area contributed by atoms with Gasteiger partial charge in [-0.05, 0) is 44.4 Å². The van der Waals surface area contributed by atoms with Crippen LogP contribution in [-0.4, -0.2) is 18.9 Å². The first-order chi connectivity index (χ1) is 10.7. The third-order valence-corrected chi connectivity index (χ3v) is 3.72. The Hall–Kier alpha value is -2.79. The zero-order chi connectivity index (χ0) is 15.9. The van der Waals surface area contributed by atoms with Gasteiger partial charge in [-0.15, -0.1) is 0 Å². The van der Waals surface area contributed by atoms with Crippen molar-refractivity contribution < 1.29 is 4.79 Å². The van der Waals surface area contributed by atoms with Crippen LogP contribution in [0.4, 0.5) is 11.4 Å². The van der Waals surface area contributed by atoms with Gasteiger partial charge in [0.1, 0.15) is 17.7 Å². The minimum absolute atomic E-state index is 0.0328. The molecule has 1 aliphatic rings. The topological polar surface area (TPSA) is 79.9 Å². The number of allylic oxidation sites excluding steroid dienone is 1. The van der Waals surface area contributed by atoms with Crippen LogP contribution in [0.15, 0.2) is 30.0 Å². The van der Waals surface area contributed by atoms with Gasteiger partial charge in [0, 0.05) is 36.2 Å². The Morgan fingerprint density at radius 3 is 2.50 bits per heavy atom. The highest BCUT2D eigenvalue weighted by molar-refractivity contribution is 6.00. The molecule has 2 rings (SSSR count). The summed E-state index contributed by atoms with van der Waals surface area (Å²) in [7, 11) is 0. The summed E-state index contributed by atoms with van der Waals surface area (Å²) in [5.41, 5.74) is 2.18. The van der Waals surface area contributed by atoms with Crippen molar-refractivity contribution >= 4 is 17.2 Å². The van der Waals surface area contributed by atoms with E-state index in [2.05, 4.69) is 10.2 Å². The molecule has 1 saturated heterocycles. The number of hydrogen-bond acceptors (Lipinski definition) is 5. The summed E-state index contributed by atoms with van der Waals surface area (Å²) in [6.07, 6.45) is 4.92. The van der Waals surface area contributed by atoms with Crippen LogP contribution in [0.25, 0.3) is 0 Å². The van der Waals surface area contributed by atoms with E-state index >= 15 is 0 Å². The number of Topliss-reactive ketones (excluding diaryl/α,β-unsaturated/α-hetero) is 1. The number of benzene rings is 1. The first-order valence-electron chi connectivity index (χ1n) is 7.32. The third-order valence-electron chi connectivity index (χ3n) is 3.72. The number of anilines is 2. The van der Waals surface area contributed by atoms with Crippen molar-refractivity contribution in [1.29, 1.82) is 10.5 Å². The molecule has 5 heteroatoms. The van der Waals surface area contributed by atoms with Crippen molar-refractivity contribution in [3.63, 3.8) is 0 Å². The van der Waals surface area contributed by atoms with Crippen LogP contribution in [0.5, 0.6) is 0 Å². The number of nitriles is 2. The van der Waals surface area contributed by atoms with E-state index in [1.54, 1.807) is 12.1 Å². The molecular formula is C17H18N4O. The Balaban J connectivity index is 2.28. The van der Waals surface area contributed by atoms with E-state index in [0.717, 1.165) is 18.8 Å². The zero-order valence-electron chi connectivity index (χ0n) is 12.6. The highest BCUT2D eigenvalue weighted by Crippen LogP contribution is 2.26. The van der Waals surface area contributed by atoms with Gasteiger partial charge in [-0.1, -0.05) is 0 Å². The predicted octanol–water partition coefficient (Wildman–Crippen LogP) is 3.22. The van der Waals surface area contributed by atoms with Crippen molar-refractivity contribution in [3.05, 3.63) is 35.5 Å². The second kappa shape index (κ2) is 7.28. The zero-order valence-corrected chi connectivity index (χ0v) is 12.6. The molecule has 112 valence electrons. The van der Waals surface area contributed by atoms with E-state index in [1.807, 2.05) is 18.2 Å². The first kappa shape index (κ1) is 15.6. The molecular weight excluding hydrogens is 276 g/mol. The van der Waals surface area contributed by atoms with E-state index in [1.165, 1.54) is 32.4 Å². The van der Waals surface area contributed by atoms with Gasteiger partial charge in [-0.3, -0.25) is 4.79 Å². The van der Waals surface area contributed by atoms with Crippen molar-refractivity contribution in [2.45, 2.75) is 26.2 Å². The number of nitrogens with zero attached hydrogens (tertiary/aromatic N) is 3. The Bertz CT molecular complexity index is 657. The van der Waals surface area contributed by atoms with E-state index < -0.39 is 0 Å². The Labute approximate surface area is 130 Å². The summed E-state index contributed by atoms with van der Waals surface area (Å²) in [4.78, 5) is 14.2. The van der Waals surface area contributed by atoms with Gasteiger partial charge in [0.2, 0.25) is 0 Å². The molecule has 5 nitrogen and oxygen atoms in total. The number of hydrogen-bond donors (Lipinski definition) is 1. The van der Waals surface area contributed by atoms with E-state index in [4.69, 9.17) is 10.5 Å². The number of carbonyl (C=O) groups excluding carboxylic acids is 1. The van der Waals surface area contributed by atoms with Crippen LogP contribution in [-0.2, 0) is 0 Å². The lowest BCUT2D eigenvalue weighted by atomic mass is 10.1. The van der Waals surface area contributed by atoms with E-state index in [9.17, 15) is 4.79 Å². The number of rotatable bonds is 4. The molecule has 0 unspecified atom stereocenters. The van der Waals surface area contributed by atoms with Crippen LogP contribution < -0.4 is 10.2 Å². The molecule has 0 aliphatic carbocycles. The van der Waals surface area contributed by atoms with E-state index in [0.29, 0.717) is 11.3 Å². The predicted molar refractivity (Wildman–Crippen MR) is 85.4 cm³/mol. The Kier molecular flexibility index (Phi) is 5.16. The lowest BCUT2D eigenvalue weighted by Crippen LogP contribution is -2.29. The highest BCUT2D eigenvalue weighted by Gasteiger charge is 2.14. The van der Waals surface area contributed by atoms with Gasteiger partial charge < -0.3 is 10.2 Å². The molecule has 0 atom stereocenters. The van der Waals surface area contributed by atoms with Gasteiger partial charge in [-0.25, -0.2) is 0 Å². The molecule has 0 spiro atoms. The number of nitrogens with one attached hydrogen (secondary N) is 1. The molecule has 1 aliphatic heterocycles. The minimum atomic E-state index is -0.0507. The van der Waals surface area contributed by atoms with Gasteiger partial charge in [0.25, 0.3) is 0 Å². The maximum atomic E-state index is 11.9. The van der Waals surface area contributed by atoms with E-state index in [-0.39, 0.29) is 11.4 Å². The molecule has 1 aromatic rings. The first-order valence-corrected chi connectivity index (χ1v) is 7.32. The van der Waals surface area contributed by atoms with Crippen LogP contribution in [0, 0.1) is 22.7 Å². The minimum Gasteiger partial charge on any atom is -0.372 e. The number of piperidine rings is 1. The van der Waals surface area contributed by atoms with Gasteiger partial charge in [0.15, 0.2) is 5.78 Å². The molecule has 0 bridgehead atoms. The summed E-state index contributed by atoms with van der Waals surface area (Å²) in [6.45, 7) is 3.54. The van der Waals surface area contributed by atoms with Gasteiger partial charge >= 0.3 is 0 Å². The molecule has 1 aromatic carbocycles. The Morgan fingerprint density at radius 1 is 1.23 bits per heavy atom. The lowest BCUT2D eigenvalue weighted by molar-refractivity contribution is 0.101. The summed E-state index contributed by atoms with van der Waals surface area (Å²) in [5.74, 6) is -0.0507. The third kappa shape index (κ3) is 3.65. The monoisotopic (exact) mass is 294 g/mol. The van der Waals surface area contributed by atoms with Crippen molar-refractivity contribution in [1.82, 2.24) is 0 Å². The molecule has 0 amide bonds. The smallest absolute Gasteiger partial charge is 0.161 e. The average Bonchev–Trinajstić information content (AvgIpc) is 2.56. The average molecular weight is 294 g/mol. The van der Waals surface area contributed by atoms with Crippen molar-refractivity contribution in [3.8, 4) is 12.1 Å². The van der Waals surface area contributed by atoms with Gasteiger partial charge in [0.05, 0.1) is 0 Å². The van der Waals surface area contributed by atoms with Crippen molar-refractivity contribution in [2.24, 2.45) is 0 Å². The molecule has 1 heterocycles. The summed E-state index contributed by atoms with van der Waals surface area (Å²) < 4.78 is 0. The number of ketones is 1.